The molecule has 1 saturated heterocycles. The van der Waals surface area contributed by atoms with Crippen molar-refractivity contribution in [2.24, 2.45) is 0 Å². The quantitative estimate of drug-likeness (QED) is 0.871. The van der Waals surface area contributed by atoms with E-state index in [-0.39, 0.29) is 12.1 Å². The summed E-state index contributed by atoms with van der Waals surface area (Å²) >= 11 is 6.01. The molecular weight excluding hydrogens is 278 g/mol. The maximum absolute atomic E-state index is 10.7. The summed E-state index contributed by atoms with van der Waals surface area (Å²) in [6.45, 7) is 5.55. The largest absolute Gasteiger partial charge is 0.478 e. The van der Waals surface area contributed by atoms with Gasteiger partial charge in [0, 0.05) is 29.4 Å². The van der Waals surface area contributed by atoms with E-state index < -0.39 is 5.97 Å². The summed E-state index contributed by atoms with van der Waals surface area (Å²) in [4.78, 5) is 12.9. The van der Waals surface area contributed by atoms with E-state index in [4.69, 9.17) is 21.4 Å². The van der Waals surface area contributed by atoms with Crippen molar-refractivity contribution in [2.75, 3.05) is 18.1 Å². The molecule has 108 valence electrons. The van der Waals surface area contributed by atoms with Gasteiger partial charge in [-0.25, -0.2) is 4.79 Å². The van der Waals surface area contributed by atoms with Crippen molar-refractivity contribution in [3.8, 4) is 0 Å². The predicted molar refractivity (Wildman–Crippen MR) is 80.3 cm³/mol. The number of carbonyl (C=O) groups is 1. The first-order valence-electron chi connectivity index (χ1n) is 6.56. The zero-order valence-electron chi connectivity index (χ0n) is 11.5. The number of carboxylic acid groups (broad SMARTS) is 1. The Morgan fingerprint density at radius 2 is 2.25 bits per heavy atom. The number of hydrogen-bond acceptors (Lipinski definition) is 3. The normalized spacial score (nSPS) is 23.2. The Labute approximate surface area is 123 Å². The third kappa shape index (κ3) is 3.52. The second-order valence-electron chi connectivity index (χ2n) is 5.02. The van der Waals surface area contributed by atoms with Crippen LogP contribution in [-0.4, -0.2) is 36.4 Å². The second kappa shape index (κ2) is 6.29. The number of nitrogens with zero attached hydrogens (tertiary/aromatic N) is 1. The first kappa shape index (κ1) is 14.9. The average Bonchev–Trinajstić information content (AvgIpc) is 2.39. The molecule has 1 aromatic carbocycles. The lowest BCUT2D eigenvalue weighted by Crippen LogP contribution is -2.47. The number of rotatable bonds is 3. The van der Waals surface area contributed by atoms with Gasteiger partial charge in [0.25, 0.3) is 0 Å². The fraction of sp³-hybridized carbons (Fsp3) is 0.400. The molecule has 0 aromatic heterocycles. The second-order valence-corrected chi connectivity index (χ2v) is 5.46. The maximum Gasteiger partial charge on any atom is 0.328 e. The van der Waals surface area contributed by atoms with Crippen LogP contribution < -0.4 is 4.90 Å². The highest BCUT2D eigenvalue weighted by Gasteiger charge is 2.24. The van der Waals surface area contributed by atoms with Crippen molar-refractivity contribution < 1.29 is 14.6 Å². The number of benzene rings is 1. The van der Waals surface area contributed by atoms with Gasteiger partial charge in [-0.3, -0.25) is 0 Å². The van der Waals surface area contributed by atoms with Gasteiger partial charge in [-0.05, 0) is 43.7 Å². The Morgan fingerprint density at radius 3 is 2.95 bits per heavy atom. The lowest BCUT2D eigenvalue weighted by atomic mass is 10.1. The summed E-state index contributed by atoms with van der Waals surface area (Å²) in [6, 6.07) is 5.77. The third-order valence-electron chi connectivity index (χ3n) is 3.31. The molecule has 2 unspecified atom stereocenters. The Balaban J connectivity index is 2.36. The molecule has 0 aliphatic carbocycles. The van der Waals surface area contributed by atoms with E-state index in [1.54, 1.807) is 12.1 Å². The summed E-state index contributed by atoms with van der Waals surface area (Å²) in [7, 11) is 0. The van der Waals surface area contributed by atoms with Crippen molar-refractivity contribution in [3.63, 3.8) is 0 Å². The maximum atomic E-state index is 10.7. The van der Waals surface area contributed by atoms with Gasteiger partial charge in [-0.1, -0.05) is 11.6 Å². The van der Waals surface area contributed by atoms with Crippen molar-refractivity contribution in [2.45, 2.75) is 26.0 Å². The van der Waals surface area contributed by atoms with E-state index in [0.717, 1.165) is 23.9 Å². The number of anilines is 1. The molecule has 1 fully saturated rings. The molecule has 0 bridgehead atoms. The Hall–Kier alpha value is -1.52. The number of halogens is 1. The zero-order valence-corrected chi connectivity index (χ0v) is 12.3. The fourth-order valence-corrected chi connectivity index (χ4v) is 2.50. The SMILES string of the molecule is CC1CN(c2ccc(Cl)cc2/C=C/C(=O)O)C(C)CO1. The van der Waals surface area contributed by atoms with E-state index in [0.29, 0.717) is 11.6 Å². The van der Waals surface area contributed by atoms with Gasteiger partial charge in [0.1, 0.15) is 0 Å². The molecule has 1 N–H and O–H groups in total. The molecule has 0 spiro atoms. The van der Waals surface area contributed by atoms with E-state index in [1.807, 2.05) is 19.1 Å². The van der Waals surface area contributed by atoms with E-state index in [1.165, 1.54) is 0 Å². The van der Waals surface area contributed by atoms with Gasteiger partial charge >= 0.3 is 5.97 Å². The van der Waals surface area contributed by atoms with E-state index in [2.05, 4.69) is 11.8 Å². The van der Waals surface area contributed by atoms with E-state index >= 15 is 0 Å². The van der Waals surface area contributed by atoms with Gasteiger partial charge in [0.2, 0.25) is 0 Å². The van der Waals surface area contributed by atoms with E-state index in [9.17, 15) is 4.79 Å². The number of ether oxygens (including phenoxy) is 1. The van der Waals surface area contributed by atoms with Crippen LogP contribution in [-0.2, 0) is 9.53 Å². The minimum absolute atomic E-state index is 0.151. The topological polar surface area (TPSA) is 49.8 Å². The molecule has 1 aliphatic rings. The summed E-state index contributed by atoms with van der Waals surface area (Å²) in [6.07, 6.45) is 2.86. The molecule has 5 heteroatoms. The molecule has 4 nitrogen and oxygen atoms in total. The first-order chi connectivity index (χ1) is 9.47. The average molecular weight is 296 g/mol. The standard InChI is InChI=1S/C15H18ClNO3/c1-10-9-20-11(2)8-17(10)14-5-4-13(16)7-12(14)3-6-15(18)19/h3-7,10-11H,8-9H2,1-2H3,(H,18,19)/b6-3+. The first-order valence-corrected chi connectivity index (χ1v) is 6.94. The van der Waals surface area contributed by atoms with Crippen LogP contribution in [0.5, 0.6) is 0 Å². The van der Waals surface area contributed by atoms with Gasteiger partial charge in [0.15, 0.2) is 0 Å². The van der Waals surface area contributed by atoms with Crippen LogP contribution in [0.1, 0.15) is 19.4 Å². The Kier molecular flexibility index (Phi) is 4.68. The predicted octanol–water partition coefficient (Wildman–Crippen LogP) is 3.05. The summed E-state index contributed by atoms with van der Waals surface area (Å²) in [5, 5.41) is 9.38. The molecule has 0 saturated carbocycles. The number of aliphatic carboxylic acids is 1. The van der Waals surface area contributed by atoms with Gasteiger partial charge < -0.3 is 14.7 Å². The summed E-state index contributed by atoms with van der Waals surface area (Å²) < 4.78 is 5.62. The van der Waals surface area contributed by atoms with Crippen LogP contribution >= 0.6 is 11.6 Å². The number of carboxylic acids is 1. The molecule has 2 atom stereocenters. The van der Waals surface area contributed by atoms with Crippen molar-refractivity contribution >= 4 is 29.3 Å². The summed E-state index contributed by atoms with van der Waals surface area (Å²) in [5.41, 5.74) is 1.79. The van der Waals surface area contributed by atoms with Crippen LogP contribution in [0.15, 0.2) is 24.3 Å². The lowest BCUT2D eigenvalue weighted by Gasteiger charge is -2.39. The van der Waals surface area contributed by atoms with Crippen LogP contribution in [0.4, 0.5) is 5.69 Å². The molecule has 1 aliphatic heterocycles. The number of morpholine rings is 1. The molecular formula is C15H18ClNO3. The highest BCUT2D eigenvalue weighted by Crippen LogP contribution is 2.29. The smallest absolute Gasteiger partial charge is 0.328 e. The highest BCUT2D eigenvalue weighted by molar-refractivity contribution is 6.30. The van der Waals surface area contributed by atoms with Crippen LogP contribution in [0.3, 0.4) is 0 Å². The van der Waals surface area contributed by atoms with Gasteiger partial charge in [0.05, 0.1) is 12.7 Å². The molecule has 0 radical (unpaired) electrons. The van der Waals surface area contributed by atoms with Crippen LogP contribution in [0.25, 0.3) is 6.08 Å². The molecule has 2 rings (SSSR count). The highest BCUT2D eigenvalue weighted by atomic mass is 35.5. The third-order valence-corrected chi connectivity index (χ3v) is 3.55. The van der Waals surface area contributed by atoms with Gasteiger partial charge in [-0.15, -0.1) is 0 Å². The molecule has 0 amide bonds. The summed E-state index contributed by atoms with van der Waals surface area (Å²) in [5.74, 6) is -0.973. The minimum Gasteiger partial charge on any atom is -0.478 e. The minimum atomic E-state index is -0.973. The Bertz CT molecular complexity index is 530. The van der Waals surface area contributed by atoms with Gasteiger partial charge in [-0.2, -0.15) is 0 Å². The fourth-order valence-electron chi connectivity index (χ4n) is 2.32. The molecule has 1 heterocycles. The molecule has 20 heavy (non-hydrogen) atoms. The number of hydrogen-bond donors (Lipinski definition) is 1. The van der Waals surface area contributed by atoms with Crippen molar-refractivity contribution in [1.29, 1.82) is 0 Å². The van der Waals surface area contributed by atoms with Crippen LogP contribution in [0.2, 0.25) is 5.02 Å². The zero-order chi connectivity index (χ0) is 14.7. The van der Waals surface area contributed by atoms with Crippen molar-refractivity contribution in [1.82, 2.24) is 0 Å². The van der Waals surface area contributed by atoms with Crippen molar-refractivity contribution in [3.05, 3.63) is 34.9 Å². The van der Waals surface area contributed by atoms with Crippen LogP contribution in [0, 0.1) is 0 Å². The monoisotopic (exact) mass is 295 g/mol. The molecule has 1 aromatic rings. The Morgan fingerprint density at radius 1 is 1.50 bits per heavy atom. The lowest BCUT2D eigenvalue weighted by molar-refractivity contribution is -0.131.